The van der Waals surface area contributed by atoms with E-state index in [1.165, 1.54) is 18.2 Å². The van der Waals surface area contributed by atoms with Crippen LogP contribution in [-0.4, -0.2) is 44.4 Å². The highest BCUT2D eigenvalue weighted by Crippen LogP contribution is 2.41. The van der Waals surface area contributed by atoms with Crippen LogP contribution in [-0.2, 0) is 4.74 Å². The molecule has 9 nitrogen and oxygen atoms in total. The molecule has 0 aromatic heterocycles. The number of morpholine rings is 1. The molecule has 0 aliphatic carbocycles. The average Bonchev–Trinajstić information content (AvgIpc) is 2.76. The van der Waals surface area contributed by atoms with Crippen molar-refractivity contribution in [1.29, 1.82) is 5.26 Å². The lowest BCUT2D eigenvalue weighted by molar-refractivity contribution is -0.384. The maximum absolute atomic E-state index is 11.0. The minimum atomic E-state index is -0.527. The second kappa shape index (κ2) is 9.80. The van der Waals surface area contributed by atoms with Crippen LogP contribution in [0.1, 0.15) is 19.4 Å². The molecule has 9 heteroatoms. The second-order valence-electron chi connectivity index (χ2n) is 6.51. The van der Waals surface area contributed by atoms with E-state index in [1.54, 1.807) is 0 Å². The third-order valence-electron chi connectivity index (χ3n) is 4.62. The fraction of sp³-hybridized carbons (Fsp3) is 0.381. The maximum Gasteiger partial charge on any atom is 0.270 e. The van der Waals surface area contributed by atoms with Crippen molar-refractivity contribution in [2.75, 3.05) is 49.7 Å². The Kier molecular flexibility index (Phi) is 6.93. The summed E-state index contributed by atoms with van der Waals surface area (Å²) in [7, 11) is 0. The number of anilines is 3. The number of nitrogens with zero attached hydrogens (tertiary/aromatic N) is 3. The fourth-order valence-electron chi connectivity index (χ4n) is 3.24. The molecule has 0 bridgehead atoms. The van der Waals surface area contributed by atoms with Crippen molar-refractivity contribution in [1.82, 2.24) is 0 Å². The molecule has 30 heavy (non-hydrogen) atoms. The summed E-state index contributed by atoms with van der Waals surface area (Å²) in [5, 5.41) is 23.6. The zero-order valence-electron chi connectivity index (χ0n) is 17.0. The van der Waals surface area contributed by atoms with E-state index in [-0.39, 0.29) is 11.3 Å². The molecule has 0 amide bonds. The zero-order valence-corrected chi connectivity index (χ0v) is 17.0. The standard InChI is InChI=1S/C21H24N4O5/c1-3-29-20-13-19(24-7-9-28-10-8-24)21(30-4-2)12-18(20)23-17-6-5-16(25(26)27)11-15(17)14-22/h5-6,11-13,23H,3-4,7-10H2,1-2H3. The minimum Gasteiger partial charge on any atom is -0.492 e. The number of nitrogens with one attached hydrogen (secondary N) is 1. The molecule has 1 aliphatic rings. The van der Waals surface area contributed by atoms with E-state index in [0.717, 1.165) is 18.8 Å². The molecule has 0 spiro atoms. The van der Waals surface area contributed by atoms with Crippen LogP contribution in [0, 0.1) is 21.4 Å². The van der Waals surface area contributed by atoms with Crippen LogP contribution in [0.15, 0.2) is 30.3 Å². The number of hydrogen-bond acceptors (Lipinski definition) is 8. The average molecular weight is 412 g/mol. The van der Waals surface area contributed by atoms with E-state index in [4.69, 9.17) is 14.2 Å². The summed E-state index contributed by atoms with van der Waals surface area (Å²) in [6.07, 6.45) is 0. The highest BCUT2D eigenvalue weighted by molar-refractivity contribution is 5.77. The molecular formula is C21H24N4O5. The van der Waals surface area contributed by atoms with Gasteiger partial charge in [0.15, 0.2) is 0 Å². The smallest absolute Gasteiger partial charge is 0.270 e. The second-order valence-corrected chi connectivity index (χ2v) is 6.51. The molecule has 1 aliphatic heterocycles. The number of non-ortho nitro benzene ring substituents is 1. The third-order valence-corrected chi connectivity index (χ3v) is 4.62. The number of ether oxygens (including phenoxy) is 3. The summed E-state index contributed by atoms with van der Waals surface area (Å²) in [4.78, 5) is 12.7. The van der Waals surface area contributed by atoms with Crippen molar-refractivity contribution in [2.24, 2.45) is 0 Å². The van der Waals surface area contributed by atoms with Crippen molar-refractivity contribution < 1.29 is 19.1 Å². The van der Waals surface area contributed by atoms with E-state index in [0.29, 0.717) is 49.3 Å². The normalized spacial score (nSPS) is 13.4. The van der Waals surface area contributed by atoms with Gasteiger partial charge in [-0.1, -0.05) is 0 Å². The quantitative estimate of drug-likeness (QED) is 0.514. The van der Waals surface area contributed by atoms with Crippen molar-refractivity contribution in [3.05, 3.63) is 46.0 Å². The summed E-state index contributed by atoms with van der Waals surface area (Å²) >= 11 is 0. The Morgan fingerprint density at radius 1 is 1.13 bits per heavy atom. The Hall–Kier alpha value is -3.51. The van der Waals surface area contributed by atoms with Crippen molar-refractivity contribution in [3.63, 3.8) is 0 Å². The van der Waals surface area contributed by atoms with Gasteiger partial charge in [0.05, 0.1) is 54.0 Å². The molecule has 2 aromatic rings. The summed E-state index contributed by atoms with van der Waals surface area (Å²) in [6, 6.07) is 9.87. The third kappa shape index (κ3) is 4.72. The van der Waals surface area contributed by atoms with Gasteiger partial charge in [0.2, 0.25) is 0 Å². The van der Waals surface area contributed by atoms with Gasteiger partial charge in [0, 0.05) is 37.4 Å². The topological polar surface area (TPSA) is 110 Å². The van der Waals surface area contributed by atoms with Crippen LogP contribution in [0.5, 0.6) is 11.5 Å². The zero-order chi connectivity index (χ0) is 21.5. The monoisotopic (exact) mass is 412 g/mol. The molecule has 0 atom stereocenters. The van der Waals surface area contributed by atoms with Crippen LogP contribution >= 0.6 is 0 Å². The van der Waals surface area contributed by atoms with Gasteiger partial charge in [0.25, 0.3) is 5.69 Å². The summed E-state index contributed by atoms with van der Waals surface area (Å²) in [5.74, 6) is 1.29. The van der Waals surface area contributed by atoms with E-state index in [9.17, 15) is 15.4 Å². The number of nitriles is 1. The molecule has 1 N–H and O–H groups in total. The van der Waals surface area contributed by atoms with Crippen LogP contribution < -0.4 is 19.7 Å². The summed E-state index contributed by atoms with van der Waals surface area (Å²) < 4.78 is 17.2. The van der Waals surface area contributed by atoms with Gasteiger partial charge in [-0.2, -0.15) is 5.26 Å². The molecule has 0 radical (unpaired) electrons. The summed E-state index contributed by atoms with van der Waals surface area (Å²) in [6.45, 7) is 7.53. The molecule has 3 rings (SSSR count). The first kappa shape index (κ1) is 21.2. The van der Waals surface area contributed by atoms with Crippen LogP contribution in [0.2, 0.25) is 0 Å². The maximum atomic E-state index is 11.0. The Labute approximate surface area is 174 Å². The van der Waals surface area contributed by atoms with Crippen LogP contribution in [0.4, 0.5) is 22.7 Å². The van der Waals surface area contributed by atoms with Gasteiger partial charge in [-0.05, 0) is 19.9 Å². The Bertz CT molecular complexity index is 951. The Morgan fingerprint density at radius 2 is 1.83 bits per heavy atom. The minimum absolute atomic E-state index is 0.139. The fourth-order valence-corrected chi connectivity index (χ4v) is 3.24. The van der Waals surface area contributed by atoms with E-state index in [1.807, 2.05) is 32.0 Å². The Morgan fingerprint density at radius 3 is 2.47 bits per heavy atom. The molecule has 158 valence electrons. The van der Waals surface area contributed by atoms with E-state index in [2.05, 4.69) is 10.2 Å². The summed E-state index contributed by atoms with van der Waals surface area (Å²) in [5.41, 5.74) is 2.01. The van der Waals surface area contributed by atoms with Gasteiger partial charge in [-0.25, -0.2) is 0 Å². The van der Waals surface area contributed by atoms with Gasteiger partial charge in [0.1, 0.15) is 17.6 Å². The molecule has 1 heterocycles. The van der Waals surface area contributed by atoms with Crippen molar-refractivity contribution in [2.45, 2.75) is 13.8 Å². The van der Waals surface area contributed by atoms with Gasteiger partial charge in [-0.3, -0.25) is 10.1 Å². The number of nitro benzene ring substituents is 1. The first-order chi connectivity index (χ1) is 14.6. The molecule has 1 saturated heterocycles. The number of rotatable bonds is 8. The lowest BCUT2D eigenvalue weighted by atomic mass is 10.1. The number of hydrogen-bond donors (Lipinski definition) is 1. The number of nitro groups is 1. The first-order valence-electron chi connectivity index (χ1n) is 9.79. The highest BCUT2D eigenvalue weighted by Gasteiger charge is 2.20. The molecular weight excluding hydrogens is 388 g/mol. The molecule has 2 aromatic carbocycles. The molecule has 1 fully saturated rings. The lowest BCUT2D eigenvalue weighted by Crippen LogP contribution is -2.36. The predicted molar refractivity (Wildman–Crippen MR) is 113 cm³/mol. The Balaban J connectivity index is 2.02. The van der Waals surface area contributed by atoms with Gasteiger partial charge >= 0.3 is 0 Å². The van der Waals surface area contributed by atoms with E-state index >= 15 is 0 Å². The SMILES string of the molecule is CCOc1cc(N2CCOCC2)c(OCC)cc1Nc1ccc([N+](=O)[O-])cc1C#N. The van der Waals surface area contributed by atoms with Crippen molar-refractivity contribution >= 4 is 22.7 Å². The molecule has 0 unspecified atom stereocenters. The van der Waals surface area contributed by atoms with Crippen LogP contribution in [0.25, 0.3) is 0 Å². The van der Waals surface area contributed by atoms with Gasteiger partial charge in [-0.15, -0.1) is 0 Å². The highest BCUT2D eigenvalue weighted by atomic mass is 16.6. The molecule has 0 saturated carbocycles. The predicted octanol–water partition coefficient (Wildman–Crippen LogP) is 3.84. The van der Waals surface area contributed by atoms with E-state index < -0.39 is 4.92 Å². The van der Waals surface area contributed by atoms with Crippen LogP contribution in [0.3, 0.4) is 0 Å². The first-order valence-corrected chi connectivity index (χ1v) is 9.79. The van der Waals surface area contributed by atoms with Gasteiger partial charge < -0.3 is 24.4 Å². The largest absolute Gasteiger partial charge is 0.492 e. The number of benzene rings is 2. The van der Waals surface area contributed by atoms with Crippen molar-refractivity contribution in [3.8, 4) is 17.6 Å². The lowest BCUT2D eigenvalue weighted by Gasteiger charge is -2.31.